The van der Waals surface area contributed by atoms with Crippen LogP contribution in [0.15, 0.2) is 47.3 Å². The van der Waals surface area contributed by atoms with Crippen molar-refractivity contribution < 1.29 is 4.79 Å². The second-order valence-electron chi connectivity index (χ2n) is 6.30. The highest BCUT2D eigenvalue weighted by atomic mass is 35.5. The van der Waals surface area contributed by atoms with Crippen molar-refractivity contribution in [2.24, 2.45) is 0 Å². The molecule has 2 heterocycles. The van der Waals surface area contributed by atoms with Crippen LogP contribution in [-0.4, -0.2) is 34.0 Å². The first kappa shape index (κ1) is 19.8. The topological polar surface area (TPSA) is 88.9 Å². The number of hydrogen-bond acceptors (Lipinski definition) is 5. The molecule has 0 aliphatic heterocycles. The number of nitrogens with zero attached hydrogens (tertiary/aromatic N) is 3. The lowest BCUT2D eigenvalue weighted by atomic mass is 10.0. The molecule has 146 valence electrons. The summed E-state index contributed by atoms with van der Waals surface area (Å²) in [6.07, 6.45) is 0.930. The normalized spacial score (nSPS) is 12.0. The monoisotopic (exact) mass is 399 g/mol. The van der Waals surface area contributed by atoms with Crippen molar-refractivity contribution in [2.45, 2.75) is 25.8 Å². The van der Waals surface area contributed by atoms with Crippen LogP contribution in [0.25, 0.3) is 11.2 Å². The lowest BCUT2D eigenvalue weighted by molar-refractivity contribution is -0.120. The molecule has 3 rings (SSSR count). The molecular weight excluding hydrogens is 378 g/mol. The van der Waals surface area contributed by atoms with Crippen molar-refractivity contribution >= 4 is 34.5 Å². The van der Waals surface area contributed by atoms with E-state index in [0.717, 1.165) is 5.56 Å². The number of hydrogen-bond donors (Lipinski definition) is 2. The van der Waals surface area contributed by atoms with Gasteiger partial charge in [0.2, 0.25) is 5.91 Å². The zero-order valence-corrected chi connectivity index (χ0v) is 16.5. The largest absolute Gasteiger partial charge is 0.365 e. The average molecular weight is 400 g/mol. The predicted octanol–water partition coefficient (Wildman–Crippen LogP) is 2.99. The Balaban J connectivity index is 2.12. The van der Waals surface area contributed by atoms with Crippen molar-refractivity contribution in [3.05, 3.63) is 63.5 Å². The first-order valence-corrected chi connectivity index (χ1v) is 9.51. The maximum absolute atomic E-state index is 13.3. The lowest BCUT2D eigenvalue weighted by Gasteiger charge is -2.21. The molecule has 7 nitrogen and oxygen atoms in total. The Morgan fingerprint density at radius 2 is 1.93 bits per heavy atom. The number of nitrogens with one attached hydrogen (secondary N) is 2. The molecule has 0 aliphatic carbocycles. The van der Waals surface area contributed by atoms with E-state index in [2.05, 4.69) is 20.6 Å². The third kappa shape index (κ3) is 4.14. The van der Waals surface area contributed by atoms with Crippen LogP contribution in [0.5, 0.6) is 0 Å². The van der Waals surface area contributed by atoms with Gasteiger partial charge in [0.1, 0.15) is 10.7 Å². The van der Waals surface area contributed by atoms with Crippen LogP contribution in [0.2, 0.25) is 5.15 Å². The maximum atomic E-state index is 13.3. The van der Waals surface area contributed by atoms with Crippen molar-refractivity contribution in [2.75, 3.05) is 18.9 Å². The van der Waals surface area contributed by atoms with E-state index in [1.165, 1.54) is 0 Å². The van der Waals surface area contributed by atoms with Gasteiger partial charge >= 0.3 is 0 Å². The number of fused-ring (bicyclic) bond motifs is 1. The second kappa shape index (κ2) is 8.84. The van der Waals surface area contributed by atoms with Gasteiger partial charge in [0, 0.05) is 20.0 Å². The molecule has 2 N–H and O–H groups in total. The molecule has 0 unspecified atom stereocenters. The molecule has 1 amide bonds. The molecular formula is C20H22ClN5O2. The molecule has 3 aromatic rings. The highest BCUT2D eigenvalue weighted by Gasteiger charge is 2.20. The maximum Gasteiger partial charge on any atom is 0.295 e. The van der Waals surface area contributed by atoms with Gasteiger partial charge in [-0.25, -0.2) is 9.97 Å². The Bertz CT molecular complexity index is 1040. The first-order valence-electron chi connectivity index (χ1n) is 9.13. The quantitative estimate of drug-likeness (QED) is 0.596. The smallest absolute Gasteiger partial charge is 0.295 e. The molecule has 0 bridgehead atoms. The minimum atomic E-state index is -0.296. The van der Waals surface area contributed by atoms with E-state index in [4.69, 9.17) is 11.6 Å². The SMILES string of the molecule is CC[C@@H](c1ccccc1)n1c(=O)c(NCCC(=O)NC)nc2ccc(Cl)nc21. The fourth-order valence-corrected chi connectivity index (χ4v) is 3.27. The van der Waals surface area contributed by atoms with Crippen molar-refractivity contribution in [3.8, 4) is 0 Å². The standard InChI is InChI=1S/C20H22ClN5O2/c1-3-15(13-7-5-4-6-8-13)26-19-14(9-10-16(21)25-19)24-18(20(26)28)23-12-11-17(27)22-2/h4-10,15H,3,11-12H2,1-2H3,(H,22,27)(H,23,24)/t15-/m0/s1. The van der Waals surface area contributed by atoms with Gasteiger partial charge in [-0.3, -0.25) is 14.2 Å². The fraction of sp³-hybridized carbons (Fsp3) is 0.300. The Morgan fingerprint density at radius 3 is 2.61 bits per heavy atom. The Hall–Kier alpha value is -2.93. The number of pyridine rings is 1. The Morgan fingerprint density at radius 1 is 1.18 bits per heavy atom. The van der Waals surface area contributed by atoms with Crippen LogP contribution in [0.3, 0.4) is 0 Å². The number of anilines is 1. The average Bonchev–Trinajstić information content (AvgIpc) is 2.71. The van der Waals surface area contributed by atoms with E-state index < -0.39 is 0 Å². The third-order valence-electron chi connectivity index (χ3n) is 4.51. The van der Waals surface area contributed by atoms with Crippen LogP contribution in [0.1, 0.15) is 31.4 Å². The summed E-state index contributed by atoms with van der Waals surface area (Å²) in [5.41, 5.74) is 1.69. The van der Waals surface area contributed by atoms with Gasteiger partial charge in [-0.15, -0.1) is 0 Å². The van der Waals surface area contributed by atoms with Crippen LogP contribution >= 0.6 is 11.6 Å². The van der Waals surface area contributed by atoms with Crippen LogP contribution in [0.4, 0.5) is 5.82 Å². The van der Waals surface area contributed by atoms with E-state index in [9.17, 15) is 9.59 Å². The third-order valence-corrected chi connectivity index (χ3v) is 4.72. The number of halogens is 1. The molecule has 0 spiro atoms. The van der Waals surface area contributed by atoms with Gasteiger partial charge in [0.25, 0.3) is 5.56 Å². The van der Waals surface area contributed by atoms with E-state index in [1.807, 2.05) is 37.3 Å². The van der Waals surface area contributed by atoms with Gasteiger partial charge in [0.15, 0.2) is 11.5 Å². The van der Waals surface area contributed by atoms with Crippen molar-refractivity contribution in [1.82, 2.24) is 19.9 Å². The lowest BCUT2D eigenvalue weighted by Crippen LogP contribution is -2.31. The van der Waals surface area contributed by atoms with Crippen LogP contribution < -0.4 is 16.2 Å². The highest BCUT2D eigenvalue weighted by Crippen LogP contribution is 2.25. The van der Waals surface area contributed by atoms with Gasteiger partial charge in [-0.1, -0.05) is 48.9 Å². The molecule has 0 saturated heterocycles. The number of carbonyl (C=O) groups excluding carboxylic acids is 1. The Kier molecular flexibility index (Phi) is 6.26. The summed E-state index contributed by atoms with van der Waals surface area (Å²) in [7, 11) is 1.57. The summed E-state index contributed by atoms with van der Waals surface area (Å²) >= 11 is 6.10. The molecule has 1 aromatic carbocycles. The molecule has 8 heteroatoms. The van der Waals surface area contributed by atoms with Crippen molar-refractivity contribution in [1.29, 1.82) is 0 Å². The first-order chi connectivity index (χ1) is 13.5. The Labute approximate surface area is 167 Å². The molecule has 0 aliphatic rings. The molecule has 0 saturated carbocycles. The van der Waals surface area contributed by atoms with E-state index >= 15 is 0 Å². The summed E-state index contributed by atoms with van der Waals surface area (Å²) < 4.78 is 1.63. The molecule has 2 aromatic heterocycles. The van der Waals surface area contributed by atoms with Crippen LogP contribution in [-0.2, 0) is 4.79 Å². The zero-order chi connectivity index (χ0) is 20.1. The second-order valence-corrected chi connectivity index (χ2v) is 6.68. The van der Waals surface area contributed by atoms with Gasteiger partial charge in [-0.2, -0.15) is 0 Å². The number of aromatic nitrogens is 3. The molecule has 0 fully saturated rings. The summed E-state index contributed by atoms with van der Waals surface area (Å²) in [5, 5.41) is 5.84. The highest BCUT2D eigenvalue weighted by molar-refractivity contribution is 6.29. The summed E-state index contributed by atoms with van der Waals surface area (Å²) in [6.45, 7) is 2.32. The minimum absolute atomic E-state index is 0.113. The van der Waals surface area contributed by atoms with Gasteiger partial charge in [-0.05, 0) is 24.1 Å². The number of rotatable bonds is 7. The molecule has 28 heavy (non-hydrogen) atoms. The van der Waals surface area contributed by atoms with Gasteiger partial charge in [0.05, 0.1) is 6.04 Å². The van der Waals surface area contributed by atoms with Crippen LogP contribution in [0, 0.1) is 0 Å². The zero-order valence-electron chi connectivity index (χ0n) is 15.8. The van der Waals surface area contributed by atoms with Crippen molar-refractivity contribution in [3.63, 3.8) is 0 Å². The minimum Gasteiger partial charge on any atom is -0.365 e. The van der Waals surface area contributed by atoms with Gasteiger partial charge < -0.3 is 10.6 Å². The summed E-state index contributed by atoms with van der Waals surface area (Å²) in [4.78, 5) is 33.5. The number of amides is 1. The number of benzene rings is 1. The summed E-state index contributed by atoms with van der Waals surface area (Å²) in [6, 6.07) is 12.9. The molecule has 1 atom stereocenters. The number of carbonyl (C=O) groups is 1. The van der Waals surface area contributed by atoms with E-state index in [-0.39, 0.29) is 29.7 Å². The molecule has 0 radical (unpaired) electrons. The van der Waals surface area contributed by atoms with E-state index in [0.29, 0.717) is 29.3 Å². The van der Waals surface area contributed by atoms with E-state index in [1.54, 1.807) is 23.7 Å². The summed E-state index contributed by atoms with van der Waals surface area (Å²) in [5.74, 6) is 0.0766. The predicted molar refractivity (Wildman–Crippen MR) is 111 cm³/mol. The fourth-order valence-electron chi connectivity index (χ4n) is 3.13.